The van der Waals surface area contributed by atoms with E-state index >= 15 is 0 Å². The van der Waals surface area contributed by atoms with Gasteiger partial charge in [0.2, 0.25) is 10.0 Å². The number of sulfonamides is 1. The topological polar surface area (TPSA) is 96.6 Å². The van der Waals surface area contributed by atoms with Crippen LogP contribution in [0.2, 0.25) is 0 Å². The molecule has 0 heterocycles. The number of aliphatic imine (C=N–C) groups is 1. The van der Waals surface area contributed by atoms with Crippen molar-refractivity contribution < 1.29 is 8.42 Å². The van der Waals surface area contributed by atoms with E-state index in [0.29, 0.717) is 12.5 Å². The Morgan fingerprint density at radius 2 is 1.92 bits per heavy atom. The Morgan fingerprint density at radius 3 is 2.69 bits per heavy atom. The van der Waals surface area contributed by atoms with Crippen LogP contribution in [0.1, 0.15) is 43.2 Å². The van der Waals surface area contributed by atoms with Crippen molar-refractivity contribution in [3.05, 3.63) is 29.3 Å². The van der Waals surface area contributed by atoms with Gasteiger partial charge in [0.25, 0.3) is 0 Å². The molecule has 26 heavy (non-hydrogen) atoms. The Morgan fingerprint density at radius 1 is 1.19 bits per heavy atom. The van der Waals surface area contributed by atoms with Crippen LogP contribution in [-0.4, -0.2) is 33.2 Å². The first-order chi connectivity index (χ1) is 11.9. The average molecular weight is 492 g/mol. The van der Waals surface area contributed by atoms with Crippen molar-refractivity contribution in [1.29, 1.82) is 0 Å². The predicted octanol–water partition coefficient (Wildman–Crippen LogP) is 2.63. The molecule has 1 saturated carbocycles. The summed E-state index contributed by atoms with van der Waals surface area (Å²) in [6.07, 6.45) is 8.73. The van der Waals surface area contributed by atoms with Gasteiger partial charge in [0.1, 0.15) is 0 Å². The van der Waals surface area contributed by atoms with Crippen LogP contribution in [0.5, 0.6) is 0 Å². The number of fused-ring (bicyclic) bond motifs is 1. The van der Waals surface area contributed by atoms with Crippen LogP contribution in [0.3, 0.4) is 0 Å². The van der Waals surface area contributed by atoms with Gasteiger partial charge < -0.3 is 11.1 Å². The molecule has 146 valence electrons. The highest BCUT2D eigenvalue weighted by Crippen LogP contribution is 2.26. The van der Waals surface area contributed by atoms with Crippen molar-refractivity contribution in [3.8, 4) is 0 Å². The minimum absolute atomic E-state index is 0. The van der Waals surface area contributed by atoms with Gasteiger partial charge in [-0.25, -0.2) is 13.1 Å². The minimum atomic E-state index is -3.19. The fourth-order valence-corrected chi connectivity index (χ4v) is 4.77. The molecule has 3 rings (SSSR count). The van der Waals surface area contributed by atoms with E-state index in [4.69, 9.17) is 5.73 Å². The zero-order valence-electron chi connectivity index (χ0n) is 15.2. The Labute approximate surface area is 173 Å². The van der Waals surface area contributed by atoms with Gasteiger partial charge in [-0.15, -0.1) is 24.0 Å². The number of rotatable bonds is 5. The highest BCUT2D eigenvalue weighted by Gasteiger charge is 2.27. The molecule has 2 aliphatic carbocycles. The first-order valence-corrected chi connectivity index (χ1v) is 11.0. The summed E-state index contributed by atoms with van der Waals surface area (Å²) in [5, 5.41) is 3.16. The minimum Gasteiger partial charge on any atom is -0.370 e. The van der Waals surface area contributed by atoms with Gasteiger partial charge in [-0.3, -0.25) is 4.99 Å². The van der Waals surface area contributed by atoms with E-state index in [1.54, 1.807) is 0 Å². The van der Waals surface area contributed by atoms with Crippen LogP contribution >= 0.6 is 24.0 Å². The molecule has 1 aromatic carbocycles. The lowest BCUT2D eigenvalue weighted by Crippen LogP contribution is -2.43. The molecule has 8 heteroatoms. The van der Waals surface area contributed by atoms with Gasteiger partial charge >= 0.3 is 0 Å². The lowest BCUT2D eigenvalue weighted by atomic mass is 9.85. The summed E-state index contributed by atoms with van der Waals surface area (Å²) >= 11 is 0. The van der Waals surface area contributed by atoms with E-state index in [1.807, 2.05) is 6.07 Å². The van der Waals surface area contributed by atoms with Gasteiger partial charge in [0.15, 0.2) is 5.96 Å². The van der Waals surface area contributed by atoms with Crippen LogP contribution in [0.4, 0.5) is 5.69 Å². The zero-order valence-corrected chi connectivity index (χ0v) is 18.3. The first-order valence-electron chi connectivity index (χ1n) is 9.07. The molecule has 2 atom stereocenters. The molecule has 6 nitrogen and oxygen atoms in total. The van der Waals surface area contributed by atoms with Crippen LogP contribution in [-0.2, 0) is 22.9 Å². The van der Waals surface area contributed by atoms with Gasteiger partial charge in [-0.2, -0.15) is 0 Å². The van der Waals surface area contributed by atoms with Crippen LogP contribution in [0.25, 0.3) is 0 Å². The summed E-state index contributed by atoms with van der Waals surface area (Å²) in [5.41, 5.74) is 9.83. The van der Waals surface area contributed by atoms with E-state index in [-0.39, 0.29) is 35.9 Å². The molecule has 0 aliphatic heterocycles. The van der Waals surface area contributed by atoms with E-state index in [0.717, 1.165) is 44.2 Å². The van der Waals surface area contributed by atoms with Crippen LogP contribution < -0.4 is 15.8 Å². The zero-order chi connectivity index (χ0) is 17.9. The number of nitrogens with two attached hydrogens (primary N) is 1. The number of hydrogen-bond donors (Lipinski definition) is 3. The molecule has 0 amide bonds. The van der Waals surface area contributed by atoms with E-state index in [2.05, 4.69) is 27.2 Å². The number of anilines is 1. The molecule has 4 N–H and O–H groups in total. The fourth-order valence-electron chi connectivity index (χ4n) is 3.91. The van der Waals surface area contributed by atoms with Crippen LogP contribution in [0, 0.1) is 5.92 Å². The standard InChI is InChI=1S/C18H28N4O2S.HI/c1-25(23,24)22-17-8-3-2-5-15(17)12-20-18(19)21-16-10-9-13-6-4-7-14(13)11-16;/h9-11,15,17,22H,2-8,12H2,1H3,(H3,19,20,21);1H. The van der Waals surface area contributed by atoms with Gasteiger partial charge in [-0.05, 0) is 61.3 Å². The largest absolute Gasteiger partial charge is 0.370 e. The number of nitrogens with one attached hydrogen (secondary N) is 2. The highest BCUT2D eigenvalue weighted by atomic mass is 127. The van der Waals surface area contributed by atoms with Crippen molar-refractivity contribution >= 4 is 45.6 Å². The fraction of sp³-hybridized carbons (Fsp3) is 0.611. The van der Waals surface area contributed by atoms with Crippen molar-refractivity contribution in [3.63, 3.8) is 0 Å². The van der Waals surface area contributed by atoms with E-state index in [1.165, 1.54) is 23.8 Å². The quantitative estimate of drug-likeness (QED) is 0.335. The monoisotopic (exact) mass is 492 g/mol. The normalized spacial score (nSPS) is 23.2. The summed E-state index contributed by atoms with van der Waals surface area (Å²) in [4.78, 5) is 4.47. The number of guanidine groups is 1. The van der Waals surface area contributed by atoms with Crippen molar-refractivity contribution in [2.24, 2.45) is 16.6 Å². The molecule has 1 fully saturated rings. The summed E-state index contributed by atoms with van der Waals surface area (Å²) in [5.74, 6) is 0.588. The molecule has 0 bridgehead atoms. The molecule has 0 radical (unpaired) electrons. The lowest BCUT2D eigenvalue weighted by Gasteiger charge is -2.30. The first kappa shape index (κ1) is 21.4. The van der Waals surface area contributed by atoms with E-state index < -0.39 is 10.0 Å². The third-order valence-electron chi connectivity index (χ3n) is 5.14. The molecule has 1 aromatic rings. The Bertz CT molecular complexity index is 752. The molecule has 0 spiro atoms. The SMILES string of the molecule is CS(=O)(=O)NC1CCCCC1CN=C(N)Nc1ccc2c(c1)CCC2.I. The molecule has 0 saturated heterocycles. The number of hydrogen-bond acceptors (Lipinski definition) is 3. The average Bonchev–Trinajstić information content (AvgIpc) is 3.00. The predicted molar refractivity (Wildman–Crippen MR) is 118 cm³/mol. The molecule has 2 aliphatic rings. The maximum atomic E-state index is 11.5. The van der Waals surface area contributed by atoms with E-state index in [9.17, 15) is 8.42 Å². The van der Waals surface area contributed by atoms with Gasteiger partial charge in [-0.1, -0.05) is 18.9 Å². The third kappa shape index (κ3) is 6.09. The second-order valence-electron chi connectivity index (χ2n) is 7.23. The number of halogens is 1. The van der Waals surface area contributed by atoms with Crippen molar-refractivity contribution in [2.75, 3.05) is 18.1 Å². The van der Waals surface area contributed by atoms with Crippen LogP contribution in [0.15, 0.2) is 23.2 Å². The molecular formula is C18H29IN4O2S. The summed E-state index contributed by atoms with van der Waals surface area (Å²) < 4.78 is 25.8. The third-order valence-corrected chi connectivity index (χ3v) is 5.87. The number of aryl methyl sites for hydroxylation is 2. The second kappa shape index (κ2) is 9.36. The molecule has 0 aromatic heterocycles. The summed E-state index contributed by atoms with van der Waals surface area (Å²) in [6, 6.07) is 6.31. The Balaban J connectivity index is 0.00000243. The maximum absolute atomic E-state index is 11.5. The second-order valence-corrected chi connectivity index (χ2v) is 9.01. The Kier molecular flexibility index (Phi) is 7.72. The summed E-state index contributed by atoms with van der Waals surface area (Å²) in [7, 11) is -3.19. The maximum Gasteiger partial charge on any atom is 0.208 e. The number of benzene rings is 1. The van der Waals surface area contributed by atoms with Crippen molar-refractivity contribution in [2.45, 2.75) is 51.0 Å². The Hall–Kier alpha value is -0.870. The number of nitrogens with zero attached hydrogens (tertiary/aromatic N) is 1. The van der Waals surface area contributed by atoms with Gasteiger partial charge in [0, 0.05) is 18.3 Å². The van der Waals surface area contributed by atoms with Crippen molar-refractivity contribution in [1.82, 2.24) is 4.72 Å². The smallest absolute Gasteiger partial charge is 0.208 e. The molecule has 2 unspecified atom stereocenters. The summed E-state index contributed by atoms with van der Waals surface area (Å²) in [6.45, 7) is 0.539. The highest BCUT2D eigenvalue weighted by molar-refractivity contribution is 14.0. The lowest BCUT2D eigenvalue weighted by molar-refractivity contribution is 0.297. The molecular weight excluding hydrogens is 463 g/mol. The van der Waals surface area contributed by atoms with Gasteiger partial charge in [0.05, 0.1) is 6.26 Å².